The molecule has 1 aliphatic rings. The van der Waals surface area contributed by atoms with Gasteiger partial charge in [-0.15, -0.1) is 0 Å². The lowest BCUT2D eigenvalue weighted by Gasteiger charge is -2.19. The molecule has 4 rings (SSSR count). The Morgan fingerprint density at radius 3 is 2.36 bits per heavy atom. The molecule has 1 aliphatic heterocycles. The average Bonchev–Trinajstić information content (AvgIpc) is 3.16. The van der Waals surface area contributed by atoms with E-state index in [0.29, 0.717) is 23.5 Å². The molecule has 7 nitrogen and oxygen atoms in total. The minimum Gasteiger partial charge on any atom is -0.325 e. The summed E-state index contributed by atoms with van der Waals surface area (Å²) in [7, 11) is 0. The Kier molecular flexibility index (Phi) is 7.80. The molecule has 33 heavy (non-hydrogen) atoms. The molecule has 2 amide bonds. The summed E-state index contributed by atoms with van der Waals surface area (Å²) in [6, 6.07) is 14.6. The van der Waals surface area contributed by atoms with Gasteiger partial charge in [0, 0.05) is 35.0 Å². The molecule has 2 N–H and O–H groups in total. The van der Waals surface area contributed by atoms with Gasteiger partial charge in [-0.25, -0.2) is 4.98 Å². The van der Waals surface area contributed by atoms with E-state index in [1.165, 1.54) is 12.8 Å². The van der Waals surface area contributed by atoms with E-state index in [-0.39, 0.29) is 11.8 Å². The minimum atomic E-state index is -0.203. The lowest BCUT2D eigenvalue weighted by molar-refractivity contribution is -0.117. The summed E-state index contributed by atoms with van der Waals surface area (Å²) in [5.41, 5.74) is 2.81. The molecule has 0 atom stereocenters. The number of hydrogen-bond donors (Lipinski definition) is 2. The summed E-state index contributed by atoms with van der Waals surface area (Å²) in [6.07, 6.45) is 10.4. The number of hydrogen-bond acceptors (Lipinski definition) is 5. The molecule has 1 saturated heterocycles. The van der Waals surface area contributed by atoms with Crippen molar-refractivity contribution in [3.8, 4) is 5.69 Å². The van der Waals surface area contributed by atoms with Crippen LogP contribution in [0.1, 0.15) is 36.0 Å². The summed E-state index contributed by atoms with van der Waals surface area (Å²) in [4.78, 5) is 31.7. The van der Waals surface area contributed by atoms with Crippen molar-refractivity contribution in [2.45, 2.75) is 30.8 Å². The fourth-order valence-electron chi connectivity index (χ4n) is 3.99. The summed E-state index contributed by atoms with van der Waals surface area (Å²) in [5, 5.41) is 6.76. The maximum Gasteiger partial charge on any atom is 0.255 e. The third kappa shape index (κ3) is 6.24. The monoisotopic (exact) mass is 463 g/mol. The molecule has 0 bridgehead atoms. The molecule has 172 valence electrons. The van der Waals surface area contributed by atoms with E-state index in [4.69, 9.17) is 0 Å². The molecule has 2 heterocycles. The first-order valence-corrected chi connectivity index (χ1v) is 12.5. The average molecular weight is 464 g/mol. The smallest absolute Gasteiger partial charge is 0.255 e. The lowest BCUT2D eigenvalue weighted by atomic mass is 10.2. The number of carbonyl (C=O) groups excluding carboxylic acids is 2. The molecular formula is C25H29N5O2S. The van der Waals surface area contributed by atoms with Crippen molar-refractivity contribution < 1.29 is 9.59 Å². The minimum absolute atomic E-state index is 0.0277. The number of imidazole rings is 1. The van der Waals surface area contributed by atoms with Crippen LogP contribution < -0.4 is 10.6 Å². The van der Waals surface area contributed by atoms with Gasteiger partial charge in [0.25, 0.3) is 5.91 Å². The van der Waals surface area contributed by atoms with Crippen LogP contribution in [0.3, 0.4) is 0 Å². The highest BCUT2D eigenvalue weighted by Gasteiger charge is 2.14. The zero-order valence-electron chi connectivity index (χ0n) is 18.8. The number of thioether (sulfide) groups is 1. The molecule has 2 aromatic carbocycles. The Hall–Kier alpha value is -3.10. The first-order chi connectivity index (χ1) is 16.1. The van der Waals surface area contributed by atoms with Gasteiger partial charge < -0.3 is 10.6 Å². The number of nitrogens with zero attached hydrogens (tertiary/aromatic N) is 3. The molecular weight excluding hydrogens is 434 g/mol. The fourth-order valence-corrected chi connectivity index (χ4v) is 4.52. The van der Waals surface area contributed by atoms with E-state index in [2.05, 4.69) is 20.5 Å². The van der Waals surface area contributed by atoms with Gasteiger partial charge in [0.2, 0.25) is 5.91 Å². The normalized spacial score (nSPS) is 14.5. The van der Waals surface area contributed by atoms with E-state index in [1.54, 1.807) is 36.2 Å². The molecule has 3 aromatic rings. The predicted molar refractivity (Wildman–Crippen MR) is 133 cm³/mol. The second kappa shape index (κ2) is 11.2. The van der Waals surface area contributed by atoms with E-state index in [0.717, 1.165) is 36.8 Å². The molecule has 1 aromatic heterocycles. The maximum atomic E-state index is 12.7. The largest absolute Gasteiger partial charge is 0.325 e. The third-order valence-electron chi connectivity index (χ3n) is 5.67. The summed E-state index contributed by atoms with van der Waals surface area (Å²) >= 11 is 1.57. The Balaban J connectivity index is 1.35. The highest BCUT2D eigenvalue weighted by atomic mass is 32.2. The van der Waals surface area contributed by atoms with Gasteiger partial charge in [-0.05, 0) is 74.7 Å². The van der Waals surface area contributed by atoms with E-state index >= 15 is 0 Å². The number of carbonyl (C=O) groups is 2. The highest BCUT2D eigenvalue weighted by molar-refractivity contribution is 7.98. The number of rotatable bonds is 7. The highest BCUT2D eigenvalue weighted by Crippen LogP contribution is 2.20. The Bertz CT molecular complexity index is 1090. The van der Waals surface area contributed by atoms with Gasteiger partial charge in [0.1, 0.15) is 0 Å². The molecule has 8 heteroatoms. The second-order valence-corrected chi connectivity index (χ2v) is 8.88. The number of likely N-dealkylation sites (tertiary alicyclic amines) is 1. The Morgan fingerprint density at radius 2 is 1.67 bits per heavy atom. The van der Waals surface area contributed by atoms with Gasteiger partial charge >= 0.3 is 0 Å². The number of anilines is 2. The van der Waals surface area contributed by atoms with Crippen molar-refractivity contribution >= 4 is 35.0 Å². The van der Waals surface area contributed by atoms with Crippen molar-refractivity contribution in [3.05, 3.63) is 66.5 Å². The Labute approximate surface area is 198 Å². The number of amides is 2. The van der Waals surface area contributed by atoms with Crippen LogP contribution in [0.2, 0.25) is 0 Å². The van der Waals surface area contributed by atoms with Crippen molar-refractivity contribution in [1.82, 2.24) is 14.5 Å². The van der Waals surface area contributed by atoms with Gasteiger partial charge in [0.05, 0.1) is 6.54 Å². The summed E-state index contributed by atoms with van der Waals surface area (Å²) < 4.78 is 1.98. The topological polar surface area (TPSA) is 79.3 Å². The van der Waals surface area contributed by atoms with Crippen LogP contribution in [0, 0.1) is 0 Å². The predicted octanol–water partition coefficient (Wildman–Crippen LogP) is 4.66. The summed E-state index contributed by atoms with van der Waals surface area (Å²) in [5.74, 6) is -0.231. The van der Waals surface area contributed by atoms with Crippen molar-refractivity contribution in [1.29, 1.82) is 0 Å². The van der Waals surface area contributed by atoms with Crippen LogP contribution in [0.15, 0.2) is 66.1 Å². The lowest BCUT2D eigenvalue weighted by Crippen LogP contribution is -2.33. The van der Waals surface area contributed by atoms with Gasteiger partial charge in [0.15, 0.2) is 5.16 Å². The number of nitrogens with one attached hydrogen (secondary N) is 2. The standard InChI is InChI=1S/C25H29N5O2S/c1-33-25-26-13-16-30(25)22-11-9-19(10-12-22)24(32)28-21-8-6-7-20(17-21)27-23(31)18-29-14-4-2-3-5-15-29/h6-13,16-17H,2-5,14-15,18H2,1H3,(H,27,31)(H,28,32). The van der Waals surface area contributed by atoms with Crippen LogP contribution in [0.4, 0.5) is 11.4 Å². The van der Waals surface area contributed by atoms with Crippen LogP contribution >= 0.6 is 11.8 Å². The second-order valence-electron chi connectivity index (χ2n) is 8.10. The van der Waals surface area contributed by atoms with Crippen LogP contribution in [0.25, 0.3) is 5.69 Å². The van der Waals surface area contributed by atoms with Gasteiger partial charge in [-0.1, -0.05) is 30.7 Å². The first kappa shape index (κ1) is 23.1. The van der Waals surface area contributed by atoms with Crippen molar-refractivity contribution in [3.63, 3.8) is 0 Å². The van der Waals surface area contributed by atoms with Crippen LogP contribution in [-0.4, -0.2) is 52.2 Å². The quantitative estimate of drug-likeness (QED) is 0.498. The molecule has 0 unspecified atom stereocenters. The molecule has 0 spiro atoms. The fraction of sp³-hybridized carbons (Fsp3) is 0.320. The molecule has 1 fully saturated rings. The van der Waals surface area contributed by atoms with Crippen molar-refractivity contribution in [2.75, 3.05) is 36.5 Å². The molecule has 0 saturated carbocycles. The van der Waals surface area contributed by atoms with Crippen molar-refractivity contribution in [2.24, 2.45) is 0 Å². The van der Waals surface area contributed by atoms with Gasteiger partial charge in [-0.3, -0.25) is 19.1 Å². The zero-order valence-corrected chi connectivity index (χ0v) is 19.6. The van der Waals surface area contributed by atoms with Gasteiger partial charge in [-0.2, -0.15) is 0 Å². The number of benzene rings is 2. The Morgan fingerprint density at radius 1 is 0.970 bits per heavy atom. The molecule has 0 aliphatic carbocycles. The van der Waals surface area contributed by atoms with E-state index < -0.39 is 0 Å². The third-order valence-corrected chi connectivity index (χ3v) is 6.33. The van der Waals surface area contributed by atoms with E-state index in [1.807, 2.05) is 47.4 Å². The van der Waals surface area contributed by atoms with Crippen LogP contribution in [-0.2, 0) is 4.79 Å². The van der Waals surface area contributed by atoms with E-state index in [9.17, 15) is 9.59 Å². The van der Waals surface area contributed by atoms with Crippen LogP contribution in [0.5, 0.6) is 0 Å². The summed E-state index contributed by atoms with van der Waals surface area (Å²) in [6.45, 7) is 2.35. The SMILES string of the molecule is CSc1nccn1-c1ccc(C(=O)Nc2cccc(NC(=O)CN3CCCCCC3)c2)cc1. The maximum absolute atomic E-state index is 12.7. The zero-order chi connectivity index (χ0) is 23.0. The molecule has 0 radical (unpaired) electrons. The first-order valence-electron chi connectivity index (χ1n) is 11.2. The number of aromatic nitrogens is 2.